The highest BCUT2D eigenvalue weighted by atomic mass is 16.5. The molecule has 1 atom stereocenters. The maximum absolute atomic E-state index is 10.9. The molecule has 1 aliphatic rings. The molecule has 7 nitrogen and oxygen atoms in total. The van der Waals surface area contributed by atoms with Crippen molar-refractivity contribution < 1.29 is 14.6 Å². The number of nitrogens with zero attached hydrogens (tertiary/aromatic N) is 3. The van der Waals surface area contributed by atoms with Crippen LogP contribution in [0.15, 0.2) is 42.6 Å². The predicted octanol–water partition coefficient (Wildman–Crippen LogP) is 1.76. The molecule has 0 saturated carbocycles. The fourth-order valence-corrected chi connectivity index (χ4v) is 3.46. The van der Waals surface area contributed by atoms with Gasteiger partial charge in [0.05, 0.1) is 12.7 Å². The van der Waals surface area contributed by atoms with Crippen molar-refractivity contribution in [2.24, 2.45) is 0 Å². The summed E-state index contributed by atoms with van der Waals surface area (Å²) in [6.07, 6.45) is 2.50. The number of β-amino-alcohol motifs (C(OH)–C–C–N with tert-alkyl or cyclic N) is 1. The topological polar surface area (TPSA) is 70.1 Å². The second-order valence-corrected chi connectivity index (χ2v) is 7.82. The Balaban J connectivity index is 1.50. The number of nitrogens with one attached hydrogen (secondary N) is 1. The maximum atomic E-state index is 10.9. The van der Waals surface area contributed by atoms with Crippen LogP contribution in [0.4, 0.5) is 5.82 Å². The Hall–Kier alpha value is -2.35. The quantitative estimate of drug-likeness (QED) is 0.630. The van der Waals surface area contributed by atoms with E-state index in [1.54, 1.807) is 13.3 Å². The molecule has 2 N–H and O–H groups in total. The van der Waals surface area contributed by atoms with Crippen molar-refractivity contribution in [3.63, 3.8) is 0 Å². The maximum Gasteiger partial charge on any atom is 0.161 e. The number of hydrogen-bond acceptors (Lipinski definition) is 7. The Kier molecular flexibility index (Phi) is 7.30. The summed E-state index contributed by atoms with van der Waals surface area (Å²) < 4.78 is 11.3. The van der Waals surface area contributed by atoms with Gasteiger partial charge >= 0.3 is 0 Å². The first-order valence-corrected chi connectivity index (χ1v) is 10.0. The van der Waals surface area contributed by atoms with Gasteiger partial charge in [-0.15, -0.1) is 0 Å². The number of benzene rings is 1. The molecule has 0 unspecified atom stereocenters. The first kappa shape index (κ1) is 21.4. The van der Waals surface area contributed by atoms with Crippen LogP contribution in [0.2, 0.25) is 0 Å². The number of aliphatic hydroxyl groups is 1. The van der Waals surface area contributed by atoms with E-state index < -0.39 is 5.60 Å². The van der Waals surface area contributed by atoms with E-state index in [9.17, 15) is 5.11 Å². The first-order valence-electron chi connectivity index (χ1n) is 10.0. The smallest absolute Gasteiger partial charge is 0.161 e. The Morgan fingerprint density at radius 3 is 2.83 bits per heavy atom. The van der Waals surface area contributed by atoms with E-state index in [4.69, 9.17) is 9.47 Å². The fraction of sp³-hybridized carbons (Fsp3) is 0.500. The Morgan fingerprint density at radius 2 is 2.10 bits per heavy atom. The van der Waals surface area contributed by atoms with Crippen molar-refractivity contribution in [3.05, 3.63) is 48.2 Å². The number of hydrogen-bond donors (Lipinski definition) is 2. The standard InChI is InChI=1S/C22H32N4O3/c1-25(2)12-13-29-19-8-7-18(14-20(19)28-3)15-23-16-22(27)9-11-26(17-22)21-6-4-5-10-24-21/h4-8,10,14,23,27H,9,11-13,15-17H2,1-3H3/t22-/m1/s1. The lowest BCUT2D eigenvalue weighted by Crippen LogP contribution is -2.43. The summed E-state index contributed by atoms with van der Waals surface area (Å²) in [7, 11) is 5.69. The molecule has 0 radical (unpaired) electrons. The van der Waals surface area contributed by atoms with Crippen LogP contribution in [0.25, 0.3) is 0 Å². The van der Waals surface area contributed by atoms with Crippen LogP contribution >= 0.6 is 0 Å². The van der Waals surface area contributed by atoms with E-state index in [1.807, 2.05) is 50.5 Å². The van der Waals surface area contributed by atoms with Crippen molar-refractivity contribution in [3.8, 4) is 11.5 Å². The van der Waals surface area contributed by atoms with E-state index >= 15 is 0 Å². The van der Waals surface area contributed by atoms with Gasteiger partial charge in [-0.1, -0.05) is 12.1 Å². The van der Waals surface area contributed by atoms with Crippen molar-refractivity contribution in [1.29, 1.82) is 0 Å². The van der Waals surface area contributed by atoms with Crippen LogP contribution in [0.1, 0.15) is 12.0 Å². The lowest BCUT2D eigenvalue weighted by Gasteiger charge is -2.24. The minimum Gasteiger partial charge on any atom is -0.493 e. The molecule has 1 aliphatic heterocycles. The molecular formula is C22H32N4O3. The molecule has 2 heterocycles. The van der Waals surface area contributed by atoms with Gasteiger partial charge in [0.2, 0.25) is 0 Å². The molecule has 0 spiro atoms. The highest BCUT2D eigenvalue weighted by Gasteiger charge is 2.36. The van der Waals surface area contributed by atoms with Gasteiger partial charge in [0.25, 0.3) is 0 Å². The summed E-state index contributed by atoms with van der Waals surface area (Å²) in [5, 5.41) is 14.3. The van der Waals surface area contributed by atoms with Gasteiger partial charge in [0.1, 0.15) is 12.4 Å². The summed E-state index contributed by atoms with van der Waals surface area (Å²) in [6.45, 7) is 4.03. The third-order valence-corrected chi connectivity index (χ3v) is 5.11. The van der Waals surface area contributed by atoms with Gasteiger partial charge in [-0.3, -0.25) is 0 Å². The van der Waals surface area contributed by atoms with E-state index in [0.29, 0.717) is 26.2 Å². The fourth-order valence-electron chi connectivity index (χ4n) is 3.46. The van der Waals surface area contributed by atoms with Crippen molar-refractivity contribution in [1.82, 2.24) is 15.2 Å². The first-order chi connectivity index (χ1) is 14.0. The molecule has 7 heteroatoms. The summed E-state index contributed by atoms with van der Waals surface area (Å²) in [5.74, 6) is 2.39. The van der Waals surface area contributed by atoms with Crippen molar-refractivity contribution >= 4 is 5.82 Å². The zero-order valence-electron chi connectivity index (χ0n) is 17.6. The predicted molar refractivity (Wildman–Crippen MR) is 115 cm³/mol. The van der Waals surface area contributed by atoms with Gasteiger partial charge in [0, 0.05) is 38.9 Å². The zero-order valence-corrected chi connectivity index (χ0v) is 17.6. The Labute approximate surface area is 173 Å². The SMILES string of the molecule is COc1cc(CNC[C@]2(O)CCN(c3ccccn3)C2)ccc1OCCN(C)C. The van der Waals surface area contributed by atoms with Crippen LogP contribution in [0.5, 0.6) is 11.5 Å². The number of methoxy groups -OCH3 is 1. The van der Waals surface area contributed by atoms with E-state index in [2.05, 4.69) is 20.1 Å². The third kappa shape index (κ3) is 6.06. The lowest BCUT2D eigenvalue weighted by molar-refractivity contribution is 0.0626. The van der Waals surface area contributed by atoms with Crippen LogP contribution in [-0.4, -0.2) is 74.6 Å². The summed E-state index contributed by atoms with van der Waals surface area (Å²) >= 11 is 0. The van der Waals surface area contributed by atoms with Gasteiger partial charge in [-0.2, -0.15) is 0 Å². The second-order valence-electron chi connectivity index (χ2n) is 7.82. The number of aromatic nitrogens is 1. The summed E-state index contributed by atoms with van der Waals surface area (Å²) in [6, 6.07) is 11.8. The molecule has 1 aromatic heterocycles. The summed E-state index contributed by atoms with van der Waals surface area (Å²) in [4.78, 5) is 8.58. The molecule has 0 aliphatic carbocycles. The Morgan fingerprint density at radius 1 is 1.24 bits per heavy atom. The van der Waals surface area contributed by atoms with Crippen LogP contribution < -0.4 is 19.7 Å². The monoisotopic (exact) mass is 400 g/mol. The number of likely N-dealkylation sites (N-methyl/N-ethyl adjacent to an activating group) is 1. The van der Waals surface area contributed by atoms with Gasteiger partial charge in [-0.25, -0.2) is 4.98 Å². The normalized spacial score (nSPS) is 19.0. The second kappa shape index (κ2) is 9.91. The zero-order chi connectivity index (χ0) is 20.7. The molecule has 158 valence electrons. The molecular weight excluding hydrogens is 368 g/mol. The van der Waals surface area contributed by atoms with E-state index in [1.165, 1.54) is 0 Å². The van der Waals surface area contributed by atoms with Crippen LogP contribution in [0.3, 0.4) is 0 Å². The highest BCUT2D eigenvalue weighted by Crippen LogP contribution is 2.28. The summed E-state index contributed by atoms with van der Waals surface area (Å²) in [5.41, 5.74) is 0.335. The highest BCUT2D eigenvalue weighted by molar-refractivity contribution is 5.43. The van der Waals surface area contributed by atoms with Gasteiger partial charge in [-0.05, 0) is 50.3 Å². The molecule has 2 aromatic rings. The third-order valence-electron chi connectivity index (χ3n) is 5.11. The molecule has 1 saturated heterocycles. The molecule has 0 bridgehead atoms. The molecule has 1 fully saturated rings. The van der Waals surface area contributed by atoms with Gasteiger partial charge in [0.15, 0.2) is 11.5 Å². The number of anilines is 1. The number of ether oxygens (including phenoxy) is 2. The minimum absolute atomic E-state index is 0.528. The van der Waals surface area contributed by atoms with Crippen LogP contribution in [-0.2, 0) is 6.54 Å². The number of rotatable bonds is 10. The van der Waals surface area contributed by atoms with Gasteiger partial charge < -0.3 is 29.7 Å². The van der Waals surface area contributed by atoms with Crippen molar-refractivity contribution in [2.75, 3.05) is 58.9 Å². The minimum atomic E-state index is -0.753. The molecule has 0 amide bonds. The molecule has 3 rings (SSSR count). The van der Waals surface area contributed by atoms with E-state index in [-0.39, 0.29) is 0 Å². The Bertz CT molecular complexity index is 772. The largest absolute Gasteiger partial charge is 0.493 e. The average Bonchev–Trinajstić information content (AvgIpc) is 3.11. The number of pyridine rings is 1. The van der Waals surface area contributed by atoms with Crippen molar-refractivity contribution in [2.45, 2.75) is 18.6 Å². The van der Waals surface area contributed by atoms with Crippen LogP contribution in [0, 0.1) is 0 Å². The lowest BCUT2D eigenvalue weighted by atomic mass is 10.0. The average molecular weight is 401 g/mol. The van der Waals surface area contributed by atoms with E-state index in [0.717, 1.165) is 42.4 Å². The molecule has 1 aromatic carbocycles. The molecule has 29 heavy (non-hydrogen) atoms.